The fourth-order valence-corrected chi connectivity index (χ4v) is 5.05. The minimum Gasteiger partial charge on any atom is -0.370 e. The van der Waals surface area contributed by atoms with Crippen molar-refractivity contribution in [1.82, 2.24) is 29.8 Å². The van der Waals surface area contributed by atoms with Crippen molar-refractivity contribution < 1.29 is 4.79 Å². The Morgan fingerprint density at radius 2 is 2.00 bits per heavy atom. The number of carbonyl (C=O) groups excluding carboxylic acids is 1. The van der Waals surface area contributed by atoms with Crippen LogP contribution in [0.15, 0.2) is 35.4 Å². The number of aromatic amines is 1. The summed E-state index contributed by atoms with van der Waals surface area (Å²) < 4.78 is 1.72. The van der Waals surface area contributed by atoms with E-state index in [9.17, 15) is 9.59 Å². The van der Waals surface area contributed by atoms with Crippen LogP contribution in [0.4, 0.5) is 5.69 Å². The molecule has 0 radical (unpaired) electrons. The van der Waals surface area contributed by atoms with Crippen molar-refractivity contribution in [2.75, 3.05) is 38.1 Å². The molecule has 32 heavy (non-hydrogen) atoms. The van der Waals surface area contributed by atoms with Gasteiger partial charge in [-0.15, -0.1) is 0 Å². The van der Waals surface area contributed by atoms with Gasteiger partial charge in [-0.3, -0.25) is 14.5 Å². The van der Waals surface area contributed by atoms with Crippen molar-refractivity contribution in [3.8, 4) is 0 Å². The smallest absolute Gasteiger partial charge is 0.274 e. The van der Waals surface area contributed by atoms with E-state index in [-0.39, 0.29) is 11.5 Å². The van der Waals surface area contributed by atoms with E-state index in [1.54, 1.807) is 23.8 Å². The third-order valence-electron chi connectivity index (χ3n) is 6.82. The van der Waals surface area contributed by atoms with Gasteiger partial charge < -0.3 is 15.2 Å². The maximum atomic E-state index is 12.4. The van der Waals surface area contributed by atoms with Crippen molar-refractivity contribution in [3.63, 3.8) is 0 Å². The van der Waals surface area contributed by atoms with Crippen LogP contribution in [-0.4, -0.2) is 69.7 Å². The number of aryl methyl sites for hydroxylation is 1. The number of nitrogens with zero attached hydrogens (tertiary/aromatic N) is 5. The summed E-state index contributed by atoms with van der Waals surface area (Å²) in [5, 5.41) is 7.02. The van der Waals surface area contributed by atoms with Crippen LogP contribution in [0, 0.1) is 6.92 Å². The Morgan fingerprint density at radius 3 is 2.72 bits per heavy atom. The molecule has 0 spiro atoms. The number of hydrogen-bond donors (Lipinski definition) is 2. The number of hydrogen-bond acceptors (Lipinski definition) is 6. The number of anilines is 1. The first-order valence-corrected chi connectivity index (χ1v) is 11.3. The van der Waals surface area contributed by atoms with Crippen molar-refractivity contribution in [2.24, 2.45) is 0 Å². The second-order valence-corrected chi connectivity index (χ2v) is 8.83. The number of carbonyl (C=O) groups is 1. The number of H-pyrrole nitrogens is 1. The molecular formula is C23H29N7O2. The predicted molar refractivity (Wildman–Crippen MR) is 122 cm³/mol. The molecule has 9 heteroatoms. The maximum absolute atomic E-state index is 12.4. The number of fused-ring (bicyclic) bond motifs is 1. The Balaban J connectivity index is 1.20. The molecule has 0 aliphatic carbocycles. The summed E-state index contributed by atoms with van der Waals surface area (Å²) in [6, 6.07) is 6.13. The normalized spacial score (nSPS) is 20.2. The summed E-state index contributed by atoms with van der Waals surface area (Å²) in [7, 11) is 1.61. The molecule has 2 aliphatic rings. The number of likely N-dealkylation sites (tertiary alicyclic amines) is 1. The molecule has 2 N–H and O–H groups in total. The van der Waals surface area contributed by atoms with Crippen LogP contribution in [0.5, 0.6) is 0 Å². The lowest BCUT2D eigenvalue weighted by molar-refractivity contribution is 0.0958. The second-order valence-electron chi connectivity index (χ2n) is 8.83. The molecular weight excluding hydrogens is 406 g/mol. The zero-order chi connectivity index (χ0) is 22.2. The molecule has 3 aromatic rings. The SMILES string of the molecule is CNC(=O)c1ccc(N2CCC(N3CCC(c4cn5nc(C)cc5c(=O)[nH]4)C3)CC2)cn1. The van der Waals surface area contributed by atoms with Crippen LogP contribution in [0.2, 0.25) is 0 Å². The summed E-state index contributed by atoms with van der Waals surface area (Å²) in [5.74, 6) is 0.165. The molecule has 0 saturated carbocycles. The monoisotopic (exact) mass is 435 g/mol. The van der Waals surface area contributed by atoms with Crippen molar-refractivity contribution >= 4 is 17.1 Å². The van der Waals surface area contributed by atoms with E-state index >= 15 is 0 Å². The minimum atomic E-state index is -0.165. The Hall–Kier alpha value is -3.20. The lowest BCUT2D eigenvalue weighted by Gasteiger charge is -2.37. The highest BCUT2D eigenvalue weighted by molar-refractivity contribution is 5.92. The fourth-order valence-electron chi connectivity index (χ4n) is 5.05. The Morgan fingerprint density at radius 1 is 1.19 bits per heavy atom. The van der Waals surface area contributed by atoms with Gasteiger partial charge in [0.15, 0.2) is 0 Å². The topological polar surface area (TPSA) is 98.6 Å². The Kier molecular flexibility index (Phi) is 5.42. The number of amides is 1. The molecule has 2 fully saturated rings. The summed E-state index contributed by atoms with van der Waals surface area (Å²) in [5.41, 5.74) is 3.88. The molecule has 3 aromatic heterocycles. The molecule has 0 aromatic carbocycles. The molecule has 1 unspecified atom stereocenters. The van der Waals surface area contributed by atoms with Gasteiger partial charge in [0.2, 0.25) is 0 Å². The standard InChI is InChI=1S/C23H29N7O2/c1-15-11-21-23(32)26-20(14-30(21)27-15)16-5-8-29(13-16)17-6-9-28(10-7-17)18-3-4-19(25-12-18)22(31)24-2/h3-4,11-12,14,16-17H,5-10,13H2,1-2H3,(H,24,31)(H,26,32). The van der Waals surface area contributed by atoms with Gasteiger partial charge >= 0.3 is 0 Å². The lowest BCUT2D eigenvalue weighted by Crippen LogP contribution is -2.44. The Bertz CT molecular complexity index is 1180. The maximum Gasteiger partial charge on any atom is 0.274 e. The van der Waals surface area contributed by atoms with Crippen molar-refractivity contribution in [2.45, 2.75) is 38.1 Å². The molecule has 2 aliphatic heterocycles. The minimum absolute atomic E-state index is 0.0640. The van der Waals surface area contributed by atoms with Gasteiger partial charge in [0, 0.05) is 50.5 Å². The first-order valence-electron chi connectivity index (χ1n) is 11.3. The van der Waals surface area contributed by atoms with Gasteiger partial charge in [-0.05, 0) is 50.9 Å². The molecule has 168 valence electrons. The third-order valence-corrected chi connectivity index (χ3v) is 6.82. The van der Waals surface area contributed by atoms with E-state index in [2.05, 4.69) is 30.2 Å². The number of piperidine rings is 1. The zero-order valence-electron chi connectivity index (χ0n) is 18.5. The van der Waals surface area contributed by atoms with Crippen LogP contribution in [0.3, 0.4) is 0 Å². The molecule has 0 bridgehead atoms. The zero-order valence-corrected chi connectivity index (χ0v) is 18.5. The van der Waals surface area contributed by atoms with Gasteiger partial charge in [0.1, 0.15) is 11.2 Å². The fraction of sp³-hybridized carbons (Fsp3) is 0.478. The second kappa shape index (κ2) is 8.38. The summed E-state index contributed by atoms with van der Waals surface area (Å²) in [6.45, 7) is 5.87. The highest BCUT2D eigenvalue weighted by Gasteiger charge is 2.32. The highest BCUT2D eigenvalue weighted by Crippen LogP contribution is 2.30. The first kappa shape index (κ1) is 20.7. The van der Waals surface area contributed by atoms with Crippen LogP contribution in [0.1, 0.15) is 47.1 Å². The van der Waals surface area contributed by atoms with E-state index in [1.165, 1.54) is 0 Å². The molecule has 1 amide bonds. The van der Waals surface area contributed by atoms with E-state index < -0.39 is 0 Å². The lowest BCUT2D eigenvalue weighted by atomic mass is 10.0. The van der Waals surface area contributed by atoms with Gasteiger partial charge in [-0.2, -0.15) is 5.10 Å². The predicted octanol–water partition coefficient (Wildman–Crippen LogP) is 1.54. The first-order chi connectivity index (χ1) is 15.5. The van der Waals surface area contributed by atoms with E-state index in [0.29, 0.717) is 23.2 Å². The third kappa shape index (κ3) is 3.88. The molecule has 2 saturated heterocycles. The van der Waals surface area contributed by atoms with Crippen molar-refractivity contribution in [3.05, 3.63) is 58.0 Å². The van der Waals surface area contributed by atoms with Gasteiger partial charge in [0.05, 0.1) is 17.6 Å². The van der Waals surface area contributed by atoms with Crippen LogP contribution in [-0.2, 0) is 0 Å². The molecule has 9 nitrogen and oxygen atoms in total. The Labute approximate surface area is 186 Å². The van der Waals surface area contributed by atoms with Crippen molar-refractivity contribution in [1.29, 1.82) is 0 Å². The number of rotatable bonds is 4. The average molecular weight is 436 g/mol. The van der Waals surface area contributed by atoms with Crippen LogP contribution >= 0.6 is 0 Å². The quantitative estimate of drug-likeness (QED) is 0.645. The molecule has 5 rings (SSSR count). The summed E-state index contributed by atoms with van der Waals surface area (Å²) in [6.07, 6.45) is 7.01. The summed E-state index contributed by atoms with van der Waals surface area (Å²) >= 11 is 0. The molecule has 5 heterocycles. The van der Waals surface area contributed by atoms with E-state index in [1.807, 2.05) is 25.3 Å². The number of aromatic nitrogens is 4. The summed E-state index contributed by atoms with van der Waals surface area (Å²) in [4.78, 5) is 36.4. The van der Waals surface area contributed by atoms with Crippen LogP contribution in [0.25, 0.3) is 5.52 Å². The van der Waals surface area contributed by atoms with Gasteiger partial charge in [-0.1, -0.05) is 0 Å². The molecule has 1 atom stereocenters. The number of nitrogens with one attached hydrogen (secondary N) is 2. The average Bonchev–Trinajstić information content (AvgIpc) is 3.45. The van der Waals surface area contributed by atoms with E-state index in [4.69, 9.17) is 0 Å². The van der Waals surface area contributed by atoms with E-state index in [0.717, 1.165) is 62.5 Å². The van der Waals surface area contributed by atoms with Crippen LogP contribution < -0.4 is 15.8 Å². The van der Waals surface area contributed by atoms with Gasteiger partial charge in [-0.25, -0.2) is 9.50 Å². The largest absolute Gasteiger partial charge is 0.370 e. The number of pyridine rings is 1. The highest BCUT2D eigenvalue weighted by atomic mass is 16.1. The van der Waals surface area contributed by atoms with Gasteiger partial charge in [0.25, 0.3) is 11.5 Å².